The van der Waals surface area contributed by atoms with Gasteiger partial charge in [-0.25, -0.2) is 14.4 Å². The smallest absolute Gasteiger partial charge is 0.283 e. The van der Waals surface area contributed by atoms with E-state index >= 15 is 4.39 Å². The topological polar surface area (TPSA) is 122 Å². The van der Waals surface area contributed by atoms with Crippen LogP contribution in [0.15, 0.2) is 64.8 Å². The van der Waals surface area contributed by atoms with Crippen LogP contribution >= 0.6 is 0 Å². The van der Waals surface area contributed by atoms with Gasteiger partial charge >= 0.3 is 0 Å². The van der Waals surface area contributed by atoms with Gasteiger partial charge in [-0.2, -0.15) is 0 Å². The molecule has 12 nitrogen and oxygen atoms in total. The van der Waals surface area contributed by atoms with Gasteiger partial charge in [-0.3, -0.25) is 19.1 Å². The summed E-state index contributed by atoms with van der Waals surface area (Å²) in [5, 5.41) is 13.8. The summed E-state index contributed by atoms with van der Waals surface area (Å²) in [6, 6.07) is 8.25. The van der Waals surface area contributed by atoms with Crippen molar-refractivity contribution in [2.75, 3.05) is 43.1 Å². The fourth-order valence-corrected chi connectivity index (χ4v) is 7.78. The molecular formula is C37H41FN8O4. The molecular weight excluding hydrogens is 639 g/mol. The van der Waals surface area contributed by atoms with Crippen molar-refractivity contribution in [1.82, 2.24) is 28.4 Å². The van der Waals surface area contributed by atoms with Crippen LogP contribution in [0.2, 0.25) is 0 Å². The van der Waals surface area contributed by atoms with Crippen LogP contribution in [-0.2, 0) is 31.2 Å². The Kier molecular flexibility index (Phi) is 8.49. The lowest BCUT2D eigenvalue weighted by Gasteiger charge is -2.47. The van der Waals surface area contributed by atoms with Crippen LogP contribution in [0.4, 0.5) is 21.6 Å². The highest BCUT2D eigenvalue weighted by molar-refractivity contribution is 5.73. The maximum Gasteiger partial charge on any atom is 0.283 e. The van der Waals surface area contributed by atoms with Crippen LogP contribution in [0.1, 0.15) is 43.0 Å². The van der Waals surface area contributed by atoms with Crippen molar-refractivity contribution in [2.45, 2.75) is 57.7 Å². The van der Waals surface area contributed by atoms with Crippen LogP contribution in [-0.4, -0.2) is 78.4 Å². The van der Waals surface area contributed by atoms with E-state index in [2.05, 4.69) is 32.0 Å². The van der Waals surface area contributed by atoms with E-state index in [1.54, 1.807) is 48.4 Å². The Balaban J connectivity index is 1.09. The number of aromatic nitrogens is 5. The molecule has 0 radical (unpaired) electrons. The molecule has 1 aliphatic carbocycles. The Labute approximate surface area is 288 Å². The Hall–Kier alpha value is -4.85. The second kappa shape index (κ2) is 13.1. The van der Waals surface area contributed by atoms with E-state index in [4.69, 9.17) is 4.74 Å². The van der Waals surface area contributed by atoms with E-state index in [9.17, 15) is 14.7 Å². The van der Waals surface area contributed by atoms with Crippen molar-refractivity contribution in [3.8, 4) is 16.9 Å². The third-order valence-electron chi connectivity index (χ3n) is 10.6. The van der Waals surface area contributed by atoms with Crippen LogP contribution in [0.5, 0.6) is 0 Å². The zero-order valence-corrected chi connectivity index (χ0v) is 28.3. The molecule has 0 unspecified atom stereocenters. The summed E-state index contributed by atoms with van der Waals surface area (Å²) in [5.41, 5.74) is 3.55. The van der Waals surface area contributed by atoms with Crippen LogP contribution in [0, 0.1) is 5.82 Å². The normalized spacial score (nSPS) is 18.3. The SMILES string of the molecule is CC[C@H]1CN(C2COC2)CCN1c1ccc(Nc2cc(-c3ccnc(-n4ccn5c6c(c(F)c5c4=O)CCCC6)c3CO)cn(C)c2=O)nc1. The van der Waals surface area contributed by atoms with Gasteiger partial charge in [0.1, 0.15) is 22.8 Å². The molecule has 3 aliphatic rings. The lowest BCUT2D eigenvalue weighted by atomic mass is 9.98. The fourth-order valence-electron chi connectivity index (χ4n) is 7.78. The largest absolute Gasteiger partial charge is 0.392 e. The molecule has 0 spiro atoms. The maximum absolute atomic E-state index is 15.5. The predicted octanol–water partition coefficient (Wildman–Crippen LogP) is 3.80. The van der Waals surface area contributed by atoms with Gasteiger partial charge in [0.2, 0.25) is 0 Å². The van der Waals surface area contributed by atoms with Gasteiger partial charge in [0.25, 0.3) is 11.1 Å². The Morgan fingerprint density at radius 2 is 1.90 bits per heavy atom. The number of halogens is 1. The number of pyridine rings is 3. The average Bonchev–Trinajstić information content (AvgIpc) is 3.41. The second-order valence-electron chi connectivity index (χ2n) is 13.5. The summed E-state index contributed by atoms with van der Waals surface area (Å²) < 4.78 is 25.4. The van der Waals surface area contributed by atoms with Gasteiger partial charge in [-0.1, -0.05) is 6.92 Å². The van der Waals surface area contributed by atoms with E-state index in [1.807, 2.05) is 18.3 Å². The molecule has 5 aromatic rings. The number of anilines is 3. The van der Waals surface area contributed by atoms with Gasteiger partial charge in [0.05, 0.1) is 37.7 Å². The minimum Gasteiger partial charge on any atom is -0.392 e. The van der Waals surface area contributed by atoms with Gasteiger partial charge in [-0.05, 0) is 61.9 Å². The van der Waals surface area contributed by atoms with E-state index in [1.165, 1.54) is 9.13 Å². The summed E-state index contributed by atoms with van der Waals surface area (Å²) in [7, 11) is 1.66. The van der Waals surface area contributed by atoms with Crippen LogP contribution in [0.3, 0.4) is 0 Å². The zero-order valence-electron chi connectivity index (χ0n) is 28.3. The molecule has 2 saturated heterocycles. The van der Waals surface area contributed by atoms with Crippen LogP contribution in [0.25, 0.3) is 22.5 Å². The molecule has 0 amide bonds. The van der Waals surface area contributed by atoms with Crippen molar-refractivity contribution in [3.05, 3.63) is 98.6 Å². The number of fused-ring (bicyclic) bond motifs is 3. The number of aliphatic hydroxyl groups excluding tert-OH is 1. The molecule has 13 heteroatoms. The molecule has 260 valence electrons. The molecule has 50 heavy (non-hydrogen) atoms. The van der Waals surface area contributed by atoms with E-state index in [0.717, 1.165) is 69.9 Å². The van der Waals surface area contributed by atoms with Crippen molar-refractivity contribution < 1.29 is 14.2 Å². The molecule has 2 fully saturated rings. The molecule has 5 aromatic heterocycles. The average molecular weight is 681 g/mol. The molecule has 0 aromatic carbocycles. The molecule has 8 rings (SSSR count). The van der Waals surface area contributed by atoms with E-state index < -0.39 is 18.0 Å². The number of hydrogen-bond donors (Lipinski definition) is 2. The Bertz CT molecular complexity index is 2190. The first kappa shape index (κ1) is 32.4. The molecule has 7 heterocycles. The number of aliphatic hydroxyl groups is 1. The fraction of sp³-hybridized carbons (Fsp3) is 0.405. The molecule has 2 aliphatic heterocycles. The standard InChI is InChI=1S/C37H41FN8O4/c1-3-24-19-43(26-21-50-22-26)12-13-44(24)25-8-9-32(40-17-25)41-30-16-23(18-42(2)36(30)48)27-10-11-39-35(29(27)20-47)46-15-14-45-31-7-5-4-6-28(31)33(38)34(45)37(46)49/h8-11,14-18,24,26,47H,3-7,12-13,19-22H2,1-2H3,(H,40,41)/t24-/m0/s1. The summed E-state index contributed by atoms with van der Waals surface area (Å²) in [6.45, 7) is 6.29. The number of piperazine rings is 1. The van der Waals surface area contributed by atoms with Gasteiger partial charge < -0.3 is 29.0 Å². The van der Waals surface area contributed by atoms with E-state index in [0.29, 0.717) is 52.3 Å². The monoisotopic (exact) mass is 680 g/mol. The highest BCUT2D eigenvalue weighted by Gasteiger charge is 2.33. The van der Waals surface area contributed by atoms with Crippen molar-refractivity contribution in [1.29, 1.82) is 0 Å². The number of hydrogen-bond acceptors (Lipinski definition) is 9. The highest BCUT2D eigenvalue weighted by Crippen LogP contribution is 2.31. The summed E-state index contributed by atoms with van der Waals surface area (Å²) >= 11 is 0. The predicted molar refractivity (Wildman–Crippen MR) is 189 cm³/mol. The van der Waals surface area contributed by atoms with Gasteiger partial charge in [-0.15, -0.1) is 0 Å². The number of ether oxygens (including phenoxy) is 1. The van der Waals surface area contributed by atoms with Crippen molar-refractivity contribution >= 4 is 22.7 Å². The van der Waals surface area contributed by atoms with Gasteiger partial charge in [0.15, 0.2) is 5.82 Å². The summed E-state index contributed by atoms with van der Waals surface area (Å²) in [6.07, 6.45) is 12.5. The van der Waals surface area contributed by atoms with Crippen molar-refractivity contribution in [3.63, 3.8) is 0 Å². The molecule has 2 N–H and O–H groups in total. The lowest BCUT2D eigenvalue weighted by Crippen LogP contribution is -2.60. The molecule has 1 atom stereocenters. The Morgan fingerprint density at radius 1 is 1.06 bits per heavy atom. The van der Waals surface area contributed by atoms with Crippen LogP contribution < -0.4 is 21.3 Å². The van der Waals surface area contributed by atoms with Crippen molar-refractivity contribution in [2.24, 2.45) is 7.05 Å². The van der Waals surface area contributed by atoms with Gasteiger partial charge in [0, 0.05) is 79.9 Å². The number of nitrogens with one attached hydrogen (secondary N) is 1. The third kappa shape index (κ3) is 5.49. The number of rotatable bonds is 8. The highest BCUT2D eigenvalue weighted by atomic mass is 19.1. The third-order valence-corrected chi connectivity index (χ3v) is 10.6. The molecule has 0 bridgehead atoms. The lowest BCUT2D eigenvalue weighted by molar-refractivity contribution is -0.0698. The second-order valence-corrected chi connectivity index (χ2v) is 13.5. The first-order valence-electron chi connectivity index (χ1n) is 17.4. The maximum atomic E-state index is 15.5. The number of aryl methyl sites for hydroxylation is 2. The quantitative estimate of drug-likeness (QED) is 0.252. The molecule has 0 saturated carbocycles. The Morgan fingerprint density at radius 3 is 2.64 bits per heavy atom. The summed E-state index contributed by atoms with van der Waals surface area (Å²) in [4.78, 5) is 41.1. The zero-order chi connectivity index (χ0) is 34.5. The minimum absolute atomic E-state index is 0.0150. The minimum atomic E-state index is -0.545. The first-order valence-corrected chi connectivity index (χ1v) is 17.4. The van der Waals surface area contributed by atoms with E-state index in [-0.39, 0.29) is 16.9 Å². The summed E-state index contributed by atoms with van der Waals surface area (Å²) in [5.74, 6) is 0.239. The number of nitrogens with zero attached hydrogens (tertiary/aromatic N) is 7. The first-order chi connectivity index (χ1) is 24.4.